The van der Waals surface area contributed by atoms with Crippen LogP contribution in [0, 0.1) is 0 Å². The molecule has 102 valence electrons. The fraction of sp³-hybridized carbons (Fsp3) is 1.00. The Morgan fingerprint density at radius 3 is 2.71 bits per heavy atom. The highest BCUT2D eigenvalue weighted by Crippen LogP contribution is 2.10. The van der Waals surface area contributed by atoms with Crippen molar-refractivity contribution in [3.8, 4) is 0 Å². The third-order valence-corrected chi connectivity index (χ3v) is 4.91. The largest absolute Gasteiger partial charge is 0.315 e. The fourth-order valence-corrected chi connectivity index (χ4v) is 3.45. The van der Waals surface area contributed by atoms with Crippen LogP contribution in [0.15, 0.2) is 0 Å². The van der Waals surface area contributed by atoms with Gasteiger partial charge in [0, 0.05) is 13.1 Å². The summed E-state index contributed by atoms with van der Waals surface area (Å²) in [5.41, 5.74) is 0. The van der Waals surface area contributed by atoms with Gasteiger partial charge in [0.15, 0.2) is 0 Å². The summed E-state index contributed by atoms with van der Waals surface area (Å²) in [7, 11) is 0.941. The maximum absolute atomic E-state index is 11.9. The van der Waals surface area contributed by atoms with Crippen LogP contribution in [-0.4, -0.2) is 58.8 Å². The van der Waals surface area contributed by atoms with Gasteiger partial charge in [0.05, 0.1) is 5.25 Å². The van der Waals surface area contributed by atoms with E-state index in [0.717, 1.165) is 38.8 Å². The van der Waals surface area contributed by atoms with Crippen LogP contribution in [0.3, 0.4) is 0 Å². The van der Waals surface area contributed by atoms with Crippen molar-refractivity contribution in [3.63, 3.8) is 0 Å². The molecule has 0 saturated carbocycles. The normalized spacial score (nSPS) is 21.9. The number of nitrogens with one attached hydrogen (secondary N) is 2. The Morgan fingerprint density at radius 2 is 2.12 bits per heavy atom. The van der Waals surface area contributed by atoms with E-state index in [1.54, 1.807) is 0 Å². The Morgan fingerprint density at radius 1 is 1.35 bits per heavy atom. The lowest BCUT2D eigenvalue weighted by Gasteiger charge is -2.23. The quantitative estimate of drug-likeness (QED) is 0.635. The van der Waals surface area contributed by atoms with E-state index in [-0.39, 0.29) is 5.25 Å². The summed E-state index contributed by atoms with van der Waals surface area (Å²) in [6, 6.07) is 0. The molecule has 0 aromatic carbocycles. The van der Waals surface area contributed by atoms with Crippen LogP contribution in [0.25, 0.3) is 0 Å². The minimum Gasteiger partial charge on any atom is -0.315 e. The number of hydrogen-bond acceptors (Lipinski definition) is 4. The number of rotatable bonds is 7. The summed E-state index contributed by atoms with van der Waals surface area (Å²) in [5.74, 6) is 0. The topological polar surface area (TPSA) is 61.4 Å². The highest BCUT2D eigenvalue weighted by atomic mass is 32.2. The van der Waals surface area contributed by atoms with Crippen molar-refractivity contribution in [1.29, 1.82) is 0 Å². The Balaban J connectivity index is 2.20. The van der Waals surface area contributed by atoms with Crippen molar-refractivity contribution in [2.75, 3.05) is 40.3 Å². The van der Waals surface area contributed by atoms with Gasteiger partial charge in [-0.2, -0.15) is 0 Å². The predicted molar refractivity (Wildman–Crippen MR) is 70.6 cm³/mol. The third kappa shape index (κ3) is 5.81. The van der Waals surface area contributed by atoms with E-state index in [9.17, 15) is 8.42 Å². The zero-order valence-electron chi connectivity index (χ0n) is 10.9. The van der Waals surface area contributed by atoms with Gasteiger partial charge in [-0.1, -0.05) is 0 Å². The number of nitrogens with zero attached hydrogens (tertiary/aromatic N) is 1. The van der Waals surface area contributed by atoms with Crippen LogP contribution < -0.4 is 10.0 Å². The molecule has 1 aliphatic heterocycles. The molecule has 0 spiro atoms. The van der Waals surface area contributed by atoms with E-state index in [0.29, 0.717) is 13.1 Å². The standard InChI is InChI=1S/C11H25N3O2S/c1-14(2)9-4-3-8-13-17(15,16)11-6-5-7-12-10-11/h11-13H,3-10H2,1-2H3. The molecule has 0 bridgehead atoms. The van der Waals surface area contributed by atoms with Crippen LogP contribution in [0.2, 0.25) is 0 Å². The van der Waals surface area contributed by atoms with Gasteiger partial charge in [0.2, 0.25) is 10.0 Å². The van der Waals surface area contributed by atoms with Gasteiger partial charge in [0.1, 0.15) is 0 Å². The molecule has 1 atom stereocenters. The van der Waals surface area contributed by atoms with Gasteiger partial charge in [-0.25, -0.2) is 13.1 Å². The van der Waals surface area contributed by atoms with Crippen molar-refractivity contribution < 1.29 is 8.42 Å². The number of sulfonamides is 1. The molecule has 0 aromatic heterocycles. The van der Waals surface area contributed by atoms with Crippen molar-refractivity contribution in [1.82, 2.24) is 14.9 Å². The minimum atomic E-state index is -3.11. The second-order valence-electron chi connectivity index (χ2n) is 4.92. The summed E-state index contributed by atoms with van der Waals surface area (Å²) in [6.45, 7) is 3.10. The molecular formula is C11H25N3O2S. The summed E-state index contributed by atoms with van der Waals surface area (Å²) in [5, 5.41) is 2.89. The number of piperidine rings is 1. The van der Waals surface area contributed by atoms with Crippen LogP contribution in [0.1, 0.15) is 25.7 Å². The maximum Gasteiger partial charge on any atom is 0.215 e. The van der Waals surface area contributed by atoms with Crippen molar-refractivity contribution in [2.45, 2.75) is 30.9 Å². The van der Waals surface area contributed by atoms with Crippen LogP contribution in [0.4, 0.5) is 0 Å². The van der Waals surface area contributed by atoms with Gasteiger partial charge in [-0.15, -0.1) is 0 Å². The van der Waals surface area contributed by atoms with E-state index >= 15 is 0 Å². The van der Waals surface area contributed by atoms with Crippen molar-refractivity contribution >= 4 is 10.0 Å². The van der Waals surface area contributed by atoms with Crippen molar-refractivity contribution in [2.24, 2.45) is 0 Å². The lowest BCUT2D eigenvalue weighted by atomic mass is 10.2. The van der Waals surface area contributed by atoms with Gasteiger partial charge < -0.3 is 10.2 Å². The Labute approximate surface area is 105 Å². The summed E-state index contributed by atoms with van der Waals surface area (Å²) < 4.78 is 26.6. The highest BCUT2D eigenvalue weighted by molar-refractivity contribution is 7.90. The third-order valence-electron chi connectivity index (χ3n) is 3.03. The van der Waals surface area contributed by atoms with E-state index in [1.165, 1.54) is 0 Å². The minimum absolute atomic E-state index is 0.245. The average molecular weight is 263 g/mol. The van der Waals surface area contributed by atoms with Gasteiger partial charge in [-0.3, -0.25) is 0 Å². The van der Waals surface area contributed by atoms with Crippen LogP contribution >= 0.6 is 0 Å². The second kappa shape index (κ2) is 7.31. The molecule has 1 fully saturated rings. The fourth-order valence-electron chi connectivity index (χ4n) is 1.97. The lowest BCUT2D eigenvalue weighted by Crippen LogP contribution is -2.44. The lowest BCUT2D eigenvalue weighted by molar-refractivity contribution is 0.394. The number of hydrogen-bond donors (Lipinski definition) is 2. The molecule has 1 heterocycles. The molecule has 17 heavy (non-hydrogen) atoms. The molecule has 0 radical (unpaired) electrons. The van der Waals surface area contributed by atoms with Crippen molar-refractivity contribution in [3.05, 3.63) is 0 Å². The second-order valence-corrected chi connectivity index (χ2v) is 6.96. The molecule has 1 saturated heterocycles. The predicted octanol–water partition coefficient (Wildman–Crippen LogP) is -0.000400. The van der Waals surface area contributed by atoms with Crippen LogP contribution in [0.5, 0.6) is 0 Å². The monoisotopic (exact) mass is 263 g/mol. The zero-order chi connectivity index (χ0) is 12.7. The first kappa shape index (κ1) is 14.9. The average Bonchev–Trinajstić information content (AvgIpc) is 2.29. The molecular weight excluding hydrogens is 238 g/mol. The first-order valence-electron chi connectivity index (χ1n) is 6.36. The van der Waals surface area contributed by atoms with Crippen LogP contribution in [-0.2, 0) is 10.0 Å². The zero-order valence-corrected chi connectivity index (χ0v) is 11.7. The van der Waals surface area contributed by atoms with Gasteiger partial charge >= 0.3 is 0 Å². The first-order chi connectivity index (χ1) is 8.02. The molecule has 0 aliphatic carbocycles. The van der Waals surface area contributed by atoms with Gasteiger partial charge in [0.25, 0.3) is 0 Å². The summed E-state index contributed by atoms with van der Waals surface area (Å²) in [6.07, 6.45) is 3.65. The smallest absolute Gasteiger partial charge is 0.215 e. The molecule has 0 amide bonds. The van der Waals surface area contributed by atoms with E-state index < -0.39 is 10.0 Å². The molecule has 1 unspecified atom stereocenters. The molecule has 0 aromatic rings. The SMILES string of the molecule is CN(C)CCCCNS(=O)(=O)C1CCCNC1. The summed E-state index contributed by atoms with van der Waals surface area (Å²) >= 11 is 0. The molecule has 5 nitrogen and oxygen atoms in total. The molecule has 2 N–H and O–H groups in total. The Hall–Kier alpha value is -0.170. The van der Waals surface area contributed by atoms with Gasteiger partial charge in [-0.05, 0) is 52.9 Å². The summed E-state index contributed by atoms with van der Waals surface area (Å²) in [4.78, 5) is 2.11. The first-order valence-corrected chi connectivity index (χ1v) is 7.91. The Bertz CT molecular complexity index is 298. The Kier molecular flexibility index (Phi) is 6.40. The van der Waals surface area contributed by atoms with E-state index in [2.05, 4.69) is 14.9 Å². The number of unbranched alkanes of at least 4 members (excludes halogenated alkanes) is 1. The molecule has 6 heteroatoms. The van der Waals surface area contributed by atoms with E-state index in [4.69, 9.17) is 0 Å². The molecule has 1 aliphatic rings. The maximum atomic E-state index is 11.9. The molecule has 1 rings (SSSR count). The van der Waals surface area contributed by atoms with E-state index in [1.807, 2.05) is 14.1 Å². The highest BCUT2D eigenvalue weighted by Gasteiger charge is 2.26.